The lowest BCUT2D eigenvalue weighted by molar-refractivity contribution is 0.0352. The Hall–Kier alpha value is -1.06. The molecule has 0 spiro atoms. The van der Waals surface area contributed by atoms with Gasteiger partial charge in [-0.05, 0) is 18.6 Å². The molecule has 0 aromatic heterocycles. The van der Waals surface area contributed by atoms with Crippen LogP contribution in [0.25, 0.3) is 0 Å². The fourth-order valence-corrected chi connectivity index (χ4v) is 3.28. The van der Waals surface area contributed by atoms with Gasteiger partial charge in [-0.25, -0.2) is 0 Å². The summed E-state index contributed by atoms with van der Waals surface area (Å²) in [6.45, 7) is 5.67. The summed E-state index contributed by atoms with van der Waals surface area (Å²) < 4.78 is 16.7. The van der Waals surface area contributed by atoms with E-state index in [1.807, 2.05) is 30.3 Å². The third-order valence-corrected chi connectivity index (χ3v) is 5.00. The van der Waals surface area contributed by atoms with Crippen LogP contribution in [-0.2, 0) is 9.47 Å². The Balaban J connectivity index is 1.67. The van der Waals surface area contributed by atoms with Crippen LogP contribution in [0.1, 0.15) is 90.4 Å². The Bertz CT molecular complexity index is 408. The maximum absolute atomic E-state index is 5.63. The third kappa shape index (κ3) is 17.1. The topological polar surface area (TPSA) is 27.7 Å². The molecule has 3 nitrogen and oxygen atoms in total. The van der Waals surface area contributed by atoms with Gasteiger partial charge >= 0.3 is 0 Å². The molecule has 0 aliphatic rings. The number of hydrogen-bond acceptors (Lipinski definition) is 3. The molecule has 1 aromatic rings. The lowest BCUT2D eigenvalue weighted by atomic mass is 10.0. The summed E-state index contributed by atoms with van der Waals surface area (Å²) in [5, 5.41) is 0. The Morgan fingerprint density at radius 2 is 0.964 bits per heavy atom. The molecule has 0 unspecified atom stereocenters. The van der Waals surface area contributed by atoms with Gasteiger partial charge in [0.1, 0.15) is 12.4 Å². The first-order valence-corrected chi connectivity index (χ1v) is 11.8. The Kier molecular flexibility index (Phi) is 18.4. The van der Waals surface area contributed by atoms with Crippen LogP contribution in [0.3, 0.4) is 0 Å². The van der Waals surface area contributed by atoms with Crippen molar-refractivity contribution in [2.45, 2.75) is 90.4 Å². The van der Waals surface area contributed by atoms with Crippen molar-refractivity contribution in [2.24, 2.45) is 0 Å². The second-order valence-electron chi connectivity index (χ2n) is 7.63. The van der Waals surface area contributed by atoms with Crippen molar-refractivity contribution in [3.05, 3.63) is 30.3 Å². The van der Waals surface area contributed by atoms with Gasteiger partial charge in [-0.2, -0.15) is 0 Å². The molecule has 1 rings (SSSR count). The van der Waals surface area contributed by atoms with Crippen LogP contribution in [0, 0.1) is 0 Å². The van der Waals surface area contributed by atoms with Gasteiger partial charge in [0.05, 0.1) is 19.8 Å². The Morgan fingerprint density at radius 3 is 1.54 bits per heavy atom. The van der Waals surface area contributed by atoms with E-state index in [0.29, 0.717) is 26.4 Å². The monoisotopic (exact) mass is 392 g/mol. The minimum absolute atomic E-state index is 0.586. The number of benzene rings is 1. The van der Waals surface area contributed by atoms with Crippen molar-refractivity contribution in [1.29, 1.82) is 0 Å². The molecule has 0 saturated carbocycles. The molecule has 0 bridgehead atoms. The van der Waals surface area contributed by atoms with Crippen LogP contribution >= 0.6 is 0 Å². The quantitative estimate of drug-likeness (QED) is 0.207. The molecule has 0 radical (unpaired) electrons. The fraction of sp³-hybridized carbons (Fsp3) is 0.760. The summed E-state index contributed by atoms with van der Waals surface area (Å²) in [5.41, 5.74) is 0. The zero-order valence-electron chi connectivity index (χ0n) is 18.3. The zero-order valence-corrected chi connectivity index (χ0v) is 18.3. The third-order valence-electron chi connectivity index (χ3n) is 5.00. The molecule has 162 valence electrons. The average molecular weight is 393 g/mol. The summed E-state index contributed by atoms with van der Waals surface area (Å²) in [6, 6.07) is 9.84. The van der Waals surface area contributed by atoms with Gasteiger partial charge in [-0.1, -0.05) is 102 Å². The van der Waals surface area contributed by atoms with Gasteiger partial charge in [-0.3, -0.25) is 0 Å². The van der Waals surface area contributed by atoms with E-state index < -0.39 is 0 Å². The van der Waals surface area contributed by atoms with Crippen molar-refractivity contribution < 1.29 is 14.2 Å². The largest absolute Gasteiger partial charge is 0.491 e. The normalized spacial score (nSPS) is 11.0. The number of para-hydroxylation sites is 1. The van der Waals surface area contributed by atoms with Gasteiger partial charge in [-0.15, -0.1) is 0 Å². The molecule has 3 heteroatoms. The van der Waals surface area contributed by atoms with Crippen molar-refractivity contribution >= 4 is 0 Å². The molecule has 1 aromatic carbocycles. The lowest BCUT2D eigenvalue weighted by Gasteiger charge is -2.07. The Labute approximate surface area is 174 Å². The van der Waals surface area contributed by atoms with E-state index in [2.05, 4.69) is 6.92 Å². The summed E-state index contributed by atoms with van der Waals surface area (Å²) in [7, 11) is 0. The molecule has 0 fully saturated rings. The number of hydrogen-bond donors (Lipinski definition) is 0. The average Bonchev–Trinajstić information content (AvgIpc) is 2.73. The molecule has 0 aliphatic carbocycles. The molecule has 28 heavy (non-hydrogen) atoms. The van der Waals surface area contributed by atoms with Crippen molar-refractivity contribution in [1.82, 2.24) is 0 Å². The summed E-state index contributed by atoms with van der Waals surface area (Å²) >= 11 is 0. The molecular weight excluding hydrogens is 348 g/mol. The second kappa shape index (κ2) is 20.7. The van der Waals surface area contributed by atoms with Gasteiger partial charge < -0.3 is 14.2 Å². The molecule has 0 heterocycles. The molecule has 0 saturated heterocycles. The van der Waals surface area contributed by atoms with Gasteiger partial charge in [0, 0.05) is 6.61 Å². The summed E-state index contributed by atoms with van der Waals surface area (Å²) in [5.74, 6) is 0.893. The molecule has 0 aliphatic heterocycles. The number of ether oxygens (including phenoxy) is 3. The van der Waals surface area contributed by atoms with Gasteiger partial charge in [0.2, 0.25) is 0 Å². The highest BCUT2D eigenvalue weighted by atomic mass is 16.5. The highest BCUT2D eigenvalue weighted by Gasteiger charge is 1.95. The minimum Gasteiger partial charge on any atom is -0.491 e. The van der Waals surface area contributed by atoms with E-state index in [9.17, 15) is 0 Å². The summed E-state index contributed by atoms with van der Waals surface area (Å²) in [6.07, 6.45) is 18.0. The van der Waals surface area contributed by atoms with Crippen molar-refractivity contribution in [3.8, 4) is 5.75 Å². The Morgan fingerprint density at radius 1 is 0.500 bits per heavy atom. The first-order chi connectivity index (χ1) is 13.9. The van der Waals surface area contributed by atoms with Crippen LogP contribution in [0.15, 0.2) is 30.3 Å². The fourth-order valence-electron chi connectivity index (χ4n) is 3.28. The first kappa shape index (κ1) is 25.0. The van der Waals surface area contributed by atoms with Gasteiger partial charge in [0.15, 0.2) is 0 Å². The predicted molar refractivity (Wildman–Crippen MR) is 119 cm³/mol. The number of rotatable bonds is 21. The number of unbranched alkanes of at least 4 members (excludes halogenated alkanes) is 12. The minimum atomic E-state index is 0.586. The van der Waals surface area contributed by atoms with E-state index >= 15 is 0 Å². The van der Waals surface area contributed by atoms with Crippen LogP contribution in [-0.4, -0.2) is 33.0 Å². The summed E-state index contributed by atoms with van der Waals surface area (Å²) in [4.78, 5) is 0. The predicted octanol–water partition coefficient (Wildman–Crippen LogP) is 7.19. The maximum atomic E-state index is 5.63. The molecule has 0 N–H and O–H groups in total. The molecular formula is C25H44O3. The molecule has 0 amide bonds. The second-order valence-corrected chi connectivity index (χ2v) is 7.63. The molecule has 0 atom stereocenters. The van der Waals surface area contributed by atoms with Crippen LogP contribution in [0.5, 0.6) is 5.75 Å². The first-order valence-electron chi connectivity index (χ1n) is 11.8. The van der Waals surface area contributed by atoms with Crippen molar-refractivity contribution in [2.75, 3.05) is 33.0 Å². The maximum Gasteiger partial charge on any atom is 0.119 e. The van der Waals surface area contributed by atoms with E-state index in [0.717, 1.165) is 12.4 Å². The van der Waals surface area contributed by atoms with Crippen molar-refractivity contribution in [3.63, 3.8) is 0 Å². The van der Waals surface area contributed by atoms with E-state index in [1.54, 1.807) is 0 Å². The lowest BCUT2D eigenvalue weighted by Crippen LogP contribution is -2.11. The highest BCUT2D eigenvalue weighted by molar-refractivity contribution is 5.20. The smallest absolute Gasteiger partial charge is 0.119 e. The van der Waals surface area contributed by atoms with Gasteiger partial charge in [0.25, 0.3) is 0 Å². The van der Waals surface area contributed by atoms with E-state index in [4.69, 9.17) is 14.2 Å². The zero-order chi connectivity index (χ0) is 20.0. The standard InChI is InChI=1S/C25H44O3/c1-2-3-4-5-6-7-8-9-10-11-12-13-17-20-26-21-22-27-23-24-28-25-18-15-14-16-19-25/h14-16,18-19H,2-13,17,20-24H2,1H3. The van der Waals surface area contributed by atoms with Crippen LogP contribution in [0.2, 0.25) is 0 Å². The SMILES string of the molecule is CCCCCCCCCCCCCCCOCCOCCOc1ccccc1. The van der Waals surface area contributed by atoms with E-state index in [1.165, 1.54) is 83.5 Å². The van der Waals surface area contributed by atoms with Crippen LogP contribution in [0.4, 0.5) is 0 Å². The highest BCUT2D eigenvalue weighted by Crippen LogP contribution is 2.12. The van der Waals surface area contributed by atoms with Crippen LogP contribution < -0.4 is 4.74 Å². The van der Waals surface area contributed by atoms with E-state index in [-0.39, 0.29) is 0 Å².